The van der Waals surface area contributed by atoms with Crippen LogP contribution in [0.4, 0.5) is 0 Å². The normalized spacial score (nSPS) is 38.1. The number of nitrogens with zero attached hydrogens (tertiary/aromatic N) is 2. The molecule has 1 aromatic rings. The number of thiocarbonyl (C=S) groups is 1. The Hall–Kier alpha value is -2.98. The average Bonchev–Trinajstić information content (AvgIpc) is 3.38. The van der Waals surface area contributed by atoms with Crippen molar-refractivity contribution in [3.05, 3.63) is 46.4 Å². The maximum atomic E-state index is 13.6. The van der Waals surface area contributed by atoms with Gasteiger partial charge in [0, 0.05) is 5.41 Å². The van der Waals surface area contributed by atoms with Crippen molar-refractivity contribution in [3.8, 4) is 5.75 Å². The molecular formula is C44H58N2O6S2. The topological polar surface area (TPSA) is 94.5 Å². The van der Waals surface area contributed by atoms with E-state index in [1.54, 1.807) is 20.3 Å². The third kappa shape index (κ3) is 6.02. The monoisotopic (exact) mass is 774 g/mol. The minimum absolute atomic E-state index is 0.00427. The van der Waals surface area contributed by atoms with Crippen molar-refractivity contribution in [1.29, 1.82) is 0 Å². The standard InChI is InChI=1S/C44H58N2O6S2/c1-39(2)20-22-44(37(49)51-9)23-21-42(6)29(30(44)25-39)14-15-33-41(5)18-17-34(40(3,4)32(41)16-19-43(33,42)7)45-52-35(47)26-46-36(48)31(54-38(46)53)24-27-10-12-28(50-8)13-11-27/h10-14,24,30,32-33H,15-23,25-26H2,1-9H3/b31-24-,45-34+/t30-,32-,33+,41-,42+,43+,44-/m0/s1. The van der Waals surface area contributed by atoms with Gasteiger partial charge < -0.3 is 14.3 Å². The maximum absolute atomic E-state index is 13.6. The molecule has 7 rings (SSSR count). The van der Waals surface area contributed by atoms with Gasteiger partial charge in [-0.25, -0.2) is 4.79 Å². The van der Waals surface area contributed by atoms with E-state index in [0.29, 0.717) is 21.1 Å². The zero-order valence-electron chi connectivity index (χ0n) is 33.6. The van der Waals surface area contributed by atoms with Gasteiger partial charge in [0.05, 0.1) is 30.3 Å². The summed E-state index contributed by atoms with van der Waals surface area (Å²) < 4.78 is 11.1. The van der Waals surface area contributed by atoms with Crippen LogP contribution >= 0.6 is 24.0 Å². The molecule has 4 saturated carbocycles. The molecule has 0 spiro atoms. The van der Waals surface area contributed by atoms with Gasteiger partial charge in [0.25, 0.3) is 5.91 Å². The summed E-state index contributed by atoms with van der Waals surface area (Å²) in [5.74, 6) is 0.894. The molecule has 0 radical (unpaired) electrons. The number of hydrogen-bond donors (Lipinski definition) is 0. The number of fused-ring (bicyclic) bond motifs is 7. The summed E-state index contributed by atoms with van der Waals surface area (Å²) in [7, 11) is 3.18. The second kappa shape index (κ2) is 13.6. The Morgan fingerprint density at radius 3 is 2.35 bits per heavy atom. The molecule has 54 heavy (non-hydrogen) atoms. The molecule has 1 saturated heterocycles. The highest BCUT2D eigenvalue weighted by atomic mass is 32.2. The Balaban J connectivity index is 1.07. The Morgan fingerprint density at radius 2 is 1.67 bits per heavy atom. The van der Waals surface area contributed by atoms with E-state index in [2.05, 4.69) is 59.7 Å². The van der Waals surface area contributed by atoms with Crippen LogP contribution in [0.15, 0.2) is 46.0 Å². The molecule has 5 aliphatic carbocycles. The predicted molar refractivity (Wildman–Crippen MR) is 217 cm³/mol. The lowest BCUT2D eigenvalue weighted by molar-refractivity contribution is -0.181. The molecule has 0 bridgehead atoms. The molecule has 7 atom stereocenters. The quantitative estimate of drug-likeness (QED) is 0.0705. The van der Waals surface area contributed by atoms with Gasteiger partial charge in [-0.15, -0.1) is 0 Å². The molecule has 0 unspecified atom stereocenters. The summed E-state index contributed by atoms with van der Waals surface area (Å²) in [6.45, 7) is 16.6. The lowest BCUT2D eigenvalue weighted by Gasteiger charge is -2.70. The van der Waals surface area contributed by atoms with Gasteiger partial charge in [0.15, 0.2) is 0 Å². The highest BCUT2D eigenvalue weighted by molar-refractivity contribution is 8.26. The van der Waals surface area contributed by atoms with Gasteiger partial charge in [-0.1, -0.05) is 101 Å². The zero-order chi connectivity index (χ0) is 39.1. The molecule has 0 aromatic heterocycles. The second-order valence-electron chi connectivity index (χ2n) is 19.1. The van der Waals surface area contributed by atoms with Crippen LogP contribution < -0.4 is 4.74 Å². The minimum Gasteiger partial charge on any atom is -0.497 e. The van der Waals surface area contributed by atoms with Crippen molar-refractivity contribution in [2.45, 2.75) is 113 Å². The summed E-state index contributed by atoms with van der Waals surface area (Å²) >= 11 is 6.67. The summed E-state index contributed by atoms with van der Waals surface area (Å²) in [5, 5.41) is 4.54. The molecule has 1 aromatic carbocycles. The fourth-order valence-electron chi connectivity index (χ4n) is 12.5. The van der Waals surface area contributed by atoms with Crippen molar-refractivity contribution < 1.29 is 28.7 Å². The highest BCUT2D eigenvalue weighted by Gasteiger charge is 2.69. The summed E-state index contributed by atoms with van der Waals surface area (Å²) in [6, 6.07) is 7.39. The van der Waals surface area contributed by atoms with Crippen LogP contribution in [0.3, 0.4) is 0 Å². The van der Waals surface area contributed by atoms with Crippen LogP contribution in [-0.4, -0.2) is 53.5 Å². The molecule has 0 N–H and O–H groups in total. The Morgan fingerprint density at radius 1 is 0.963 bits per heavy atom. The summed E-state index contributed by atoms with van der Waals surface area (Å²) in [6.07, 6.45) is 14.2. The average molecular weight is 775 g/mol. The first kappa shape index (κ1) is 39.3. The first-order valence-corrected chi connectivity index (χ1v) is 21.0. The van der Waals surface area contributed by atoms with E-state index in [-0.39, 0.29) is 51.4 Å². The van der Waals surface area contributed by atoms with Crippen molar-refractivity contribution >= 4 is 57.9 Å². The number of carbonyl (C=O) groups excluding carboxylic acids is 3. The number of rotatable bonds is 6. The number of amides is 1. The van der Waals surface area contributed by atoms with Gasteiger partial charge >= 0.3 is 11.9 Å². The molecule has 1 aliphatic heterocycles. The van der Waals surface area contributed by atoms with Crippen molar-refractivity contribution in [3.63, 3.8) is 0 Å². The van der Waals surface area contributed by atoms with Crippen LogP contribution in [0.25, 0.3) is 6.08 Å². The lowest BCUT2D eigenvalue weighted by atomic mass is 9.33. The largest absolute Gasteiger partial charge is 0.497 e. The van der Waals surface area contributed by atoms with Crippen molar-refractivity contribution in [2.75, 3.05) is 20.8 Å². The Bertz CT molecular complexity index is 1850. The van der Waals surface area contributed by atoms with E-state index in [9.17, 15) is 14.4 Å². The number of esters is 1. The Kier molecular flexibility index (Phi) is 9.89. The summed E-state index contributed by atoms with van der Waals surface area (Å²) in [5.41, 5.74) is 3.00. The Labute approximate surface area is 331 Å². The molecule has 5 fully saturated rings. The number of ether oxygens (including phenoxy) is 2. The number of allylic oxidation sites excluding steroid dienone is 2. The van der Waals surface area contributed by atoms with Crippen LogP contribution in [0.2, 0.25) is 0 Å². The van der Waals surface area contributed by atoms with E-state index in [1.165, 1.54) is 22.2 Å². The number of benzene rings is 1. The van der Waals surface area contributed by atoms with Gasteiger partial charge in [-0.05, 0) is 127 Å². The lowest BCUT2D eigenvalue weighted by Crippen LogP contribution is -2.64. The number of methoxy groups -OCH3 is 2. The molecule has 1 amide bonds. The maximum Gasteiger partial charge on any atom is 0.354 e. The first-order valence-electron chi connectivity index (χ1n) is 19.8. The van der Waals surface area contributed by atoms with Gasteiger partial charge in [-0.3, -0.25) is 14.5 Å². The smallest absolute Gasteiger partial charge is 0.354 e. The minimum atomic E-state index is -0.603. The van der Waals surface area contributed by atoms with Crippen LogP contribution in [0.1, 0.15) is 118 Å². The zero-order valence-corrected chi connectivity index (χ0v) is 35.3. The van der Waals surface area contributed by atoms with Crippen molar-refractivity contribution in [1.82, 2.24) is 4.90 Å². The molecule has 292 valence electrons. The number of thioether (sulfide) groups is 1. The SMILES string of the molecule is COC(=O)[C@]12CCC(C)(C)C[C@H]1C1=CC[C@@H]3[C@@]4(C)CC/C(=N\OC(=O)CN5C(=O)/C(=C/c6ccc(OC)cc6)SC5=S)C(C)(C)[C@@H]4CC[C@@]3(C)[C@]1(C)CC2. The first-order chi connectivity index (χ1) is 25.3. The molecule has 1 heterocycles. The van der Waals surface area contributed by atoms with E-state index in [0.717, 1.165) is 81.2 Å². The number of carbonyl (C=O) groups is 3. The molecule has 8 nitrogen and oxygen atoms in total. The number of hydrogen-bond acceptors (Lipinski definition) is 9. The highest BCUT2D eigenvalue weighted by Crippen LogP contribution is 2.75. The van der Waals surface area contributed by atoms with Crippen LogP contribution in [0, 0.1) is 50.2 Å². The number of oxime groups is 1. The molecule has 10 heteroatoms. The van der Waals surface area contributed by atoms with E-state index in [4.69, 9.17) is 26.5 Å². The second-order valence-corrected chi connectivity index (χ2v) is 20.8. The van der Waals surface area contributed by atoms with E-state index < -0.39 is 11.4 Å². The van der Waals surface area contributed by atoms with Crippen LogP contribution in [0.5, 0.6) is 5.75 Å². The van der Waals surface area contributed by atoms with Gasteiger partial charge in [-0.2, -0.15) is 0 Å². The van der Waals surface area contributed by atoms with E-state index >= 15 is 0 Å². The van der Waals surface area contributed by atoms with Gasteiger partial charge in [0.2, 0.25) is 0 Å². The fraction of sp³-hybridized carbons (Fsp3) is 0.659. The van der Waals surface area contributed by atoms with Gasteiger partial charge in [0.1, 0.15) is 16.6 Å². The van der Waals surface area contributed by atoms with Crippen molar-refractivity contribution in [2.24, 2.45) is 55.4 Å². The molecule has 6 aliphatic rings. The predicted octanol–water partition coefficient (Wildman–Crippen LogP) is 9.77. The van der Waals surface area contributed by atoms with Crippen LogP contribution in [-0.2, 0) is 24.0 Å². The molecular weight excluding hydrogens is 717 g/mol. The van der Waals surface area contributed by atoms with E-state index in [1.807, 2.05) is 24.3 Å². The fourth-order valence-corrected chi connectivity index (χ4v) is 13.8. The third-order valence-electron chi connectivity index (χ3n) is 15.8. The third-order valence-corrected chi connectivity index (χ3v) is 17.2. The summed E-state index contributed by atoms with van der Waals surface area (Å²) in [4.78, 5) is 47.4.